The van der Waals surface area contributed by atoms with Crippen LogP contribution < -0.4 is 10.4 Å². The van der Waals surface area contributed by atoms with Gasteiger partial charge in [-0.2, -0.15) is 0 Å². The Bertz CT molecular complexity index is 1170. The van der Waals surface area contributed by atoms with Gasteiger partial charge in [-0.1, -0.05) is 13.8 Å². The van der Waals surface area contributed by atoms with E-state index in [4.69, 9.17) is 18.6 Å². The fraction of sp³-hybridized carbons (Fsp3) is 0.560. The summed E-state index contributed by atoms with van der Waals surface area (Å²) >= 11 is 0. The molecule has 0 spiro atoms. The highest BCUT2D eigenvalue weighted by Crippen LogP contribution is 2.66. The predicted octanol–water partition coefficient (Wildman–Crippen LogP) is 4.61. The Labute approximate surface area is 187 Å². The zero-order chi connectivity index (χ0) is 23.6. The molecule has 2 heterocycles. The number of rotatable bonds is 5. The molecular weight excluding hydrogens is 412 g/mol. The number of carbonyl (C=O) groups is 2. The van der Waals surface area contributed by atoms with Gasteiger partial charge in [-0.25, -0.2) is 9.59 Å². The van der Waals surface area contributed by atoms with Gasteiger partial charge in [-0.3, -0.25) is 4.79 Å². The van der Waals surface area contributed by atoms with Gasteiger partial charge in [0.15, 0.2) is 0 Å². The molecule has 1 aromatic heterocycles. The van der Waals surface area contributed by atoms with Crippen molar-refractivity contribution in [3.63, 3.8) is 0 Å². The SMILES string of the molecule is Cc1cc(=O)oc2c(C(C)OC(=O)C34CCC(C)(C(=O)O3)C4(C)C)c(OC(C)C)ccc12. The van der Waals surface area contributed by atoms with Gasteiger partial charge in [-0.05, 0) is 65.2 Å². The van der Waals surface area contributed by atoms with Crippen LogP contribution in [0.4, 0.5) is 0 Å². The Morgan fingerprint density at radius 1 is 1.09 bits per heavy atom. The molecular formula is C25H30O7. The minimum absolute atomic E-state index is 0.144. The normalized spacial score (nSPS) is 26.9. The van der Waals surface area contributed by atoms with Crippen LogP contribution in [0.2, 0.25) is 0 Å². The van der Waals surface area contributed by atoms with Gasteiger partial charge in [0.1, 0.15) is 17.4 Å². The summed E-state index contributed by atoms with van der Waals surface area (Å²) in [5.74, 6) is -0.487. The van der Waals surface area contributed by atoms with Crippen molar-refractivity contribution in [2.24, 2.45) is 10.8 Å². The molecule has 32 heavy (non-hydrogen) atoms. The molecule has 3 atom stereocenters. The molecule has 2 aliphatic rings. The van der Waals surface area contributed by atoms with Crippen molar-refractivity contribution in [2.75, 3.05) is 0 Å². The van der Waals surface area contributed by atoms with Crippen LogP contribution in [-0.4, -0.2) is 23.6 Å². The lowest BCUT2D eigenvalue weighted by molar-refractivity contribution is -0.187. The second-order valence-corrected chi connectivity index (χ2v) is 9.99. The van der Waals surface area contributed by atoms with Crippen LogP contribution in [0.5, 0.6) is 5.75 Å². The topological polar surface area (TPSA) is 92.0 Å². The van der Waals surface area contributed by atoms with Crippen molar-refractivity contribution in [1.29, 1.82) is 0 Å². The van der Waals surface area contributed by atoms with Crippen LogP contribution >= 0.6 is 0 Å². The van der Waals surface area contributed by atoms with Gasteiger partial charge in [0.25, 0.3) is 0 Å². The van der Waals surface area contributed by atoms with E-state index in [1.165, 1.54) is 6.07 Å². The first-order valence-corrected chi connectivity index (χ1v) is 11.0. The van der Waals surface area contributed by atoms with E-state index in [0.717, 1.165) is 10.9 Å². The maximum atomic E-state index is 13.5. The summed E-state index contributed by atoms with van der Waals surface area (Å²) in [6.07, 6.45) is 0.0231. The van der Waals surface area contributed by atoms with Crippen molar-refractivity contribution in [1.82, 2.24) is 0 Å². The van der Waals surface area contributed by atoms with Crippen LogP contribution in [0, 0.1) is 17.8 Å². The van der Waals surface area contributed by atoms with Gasteiger partial charge in [0, 0.05) is 16.9 Å². The maximum Gasteiger partial charge on any atom is 0.351 e. The van der Waals surface area contributed by atoms with E-state index >= 15 is 0 Å². The number of aryl methyl sites for hydroxylation is 1. The summed E-state index contributed by atoms with van der Waals surface area (Å²) in [5, 5.41) is 0.734. The Kier molecular flexibility index (Phi) is 4.95. The Hall–Kier alpha value is -2.83. The number of esters is 2. The molecule has 7 heteroatoms. The molecule has 0 radical (unpaired) electrons. The van der Waals surface area contributed by atoms with Gasteiger partial charge >= 0.3 is 17.6 Å². The van der Waals surface area contributed by atoms with E-state index < -0.39 is 34.1 Å². The Morgan fingerprint density at radius 3 is 2.34 bits per heavy atom. The molecule has 4 rings (SSSR count). The molecule has 0 amide bonds. The number of benzene rings is 1. The molecule has 2 bridgehead atoms. The van der Waals surface area contributed by atoms with E-state index in [0.29, 0.717) is 29.7 Å². The predicted molar refractivity (Wildman–Crippen MR) is 117 cm³/mol. The highest BCUT2D eigenvalue weighted by Gasteiger charge is 2.76. The van der Waals surface area contributed by atoms with E-state index in [9.17, 15) is 14.4 Å². The molecule has 2 fully saturated rings. The molecule has 1 aliphatic carbocycles. The second kappa shape index (κ2) is 7.09. The summed E-state index contributed by atoms with van der Waals surface area (Å²) in [6.45, 7) is 12.9. The molecule has 2 aromatic rings. The van der Waals surface area contributed by atoms with Crippen molar-refractivity contribution >= 4 is 22.9 Å². The minimum atomic E-state index is -1.34. The fourth-order valence-electron chi connectivity index (χ4n) is 5.15. The van der Waals surface area contributed by atoms with E-state index in [2.05, 4.69) is 0 Å². The third-order valence-electron chi connectivity index (χ3n) is 7.58. The summed E-state index contributed by atoms with van der Waals surface area (Å²) in [6, 6.07) is 5.04. The van der Waals surface area contributed by atoms with Crippen molar-refractivity contribution < 1.29 is 28.2 Å². The van der Waals surface area contributed by atoms with Gasteiger partial charge in [0.05, 0.1) is 17.1 Å². The number of fused-ring (bicyclic) bond motifs is 3. The van der Waals surface area contributed by atoms with Gasteiger partial charge in [0.2, 0.25) is 5.60 Å². The molecule has 172 valence electrons. The second-order valence-electron chi connectivity index (χ2n) is 9.99. The highest BCUT2D eigenvalue weighted by molar-refractivity contribution is 5.94. The molecule has 1 aliphatic heterocycles. The largest absolute Gasteiger partial charge is 0.490 e. The van der Waals surface area contributed by atoms with Crippen LogP contribution in [-0.2, 0) is 19.1 Å². The first-order chi connectivity index (χ1) is 14.8. The molecule has 1 aromatic carbocycles. The minimum Gasteiger partial charge on any atom is -0.490 e. The standard InChI is InChI=1S/C25H30O7/c1-13(2)29-17-9-8-16-14(3)12-18(26)31-20(16)19(17)15(4)30-22(28)25-11-10-24(7,21(27)32-25)23(25,5)6/h8-9,12-13,15H,10-11H2,1-7H3. The lowest BCUT2D eigenvalue weighted by Crippen LogP contribution is -2.49. The smallest absolute Gasteiger partial charge is 0.351 e. The quantitative estimate of drug-likeness (QED) is 0.493. The molecule has 0 N–H and O–H groups in total. The number of hydrogen-bond acceptors (Lipinski definition) is 7. The lowest BCUT2D eigenvalue weighted by atomic mass is 9.66. The summed E-state index contributed by atoms with van der Waals surface area (Å²) in [4.78, 5) is 38.2. The average molecular weight is 443 g/mol. The van der Waals surface area contributed by atoms with E-state index in [1.54, 1.807) is 13.0 Å². The Morgan fingerprint density at radius 2 is 1.78 bits per heavy atom. The lowest BCUT2D eigenvalue weighted by Gasteiger charge is -2.35. The Balaban J connectivity index is 1.77. The molecule has 7 nitrogen and oxygen atoms in total. The summed E-state index contributed by atoms with van der Waals surface area (Å²) in [7, 11) is 0. The highest BCUT2D eigenvalue weighted by atomic mass is 16.6. The monoisotopic (exact) mass is 442 g/mol. The molecule has 1 saturated carbocycles. The summed E-state index contributed by atoms with van der Waals surface area (Å²) in [5.41, 5.74) is -1.73. The third kappa shape index (κ3) is 2.90. The fourth-order valence-corrected chi connectivity index (χ4v) is 5.15. The first kappa shape index (κ1) is 22.4. The van der Waals surface area contributed by atoms with E-state index in [-0.39, 0.29) is 12.1 Å². The van der Waals surface area contributed by atoms with Crippen LogP contribution in [0.3, 0.4) is 0 Å². The van der Waals surface area contributed by atoms with E-state index in [1.807, 2.05) is 47.6 Å². The van der Waals surface area contributed by atoms with Crippen LogP contribution in [0.25, 0.3) is 11.0 Å². The van der Waals surface area contributed by atoms with Crippen molar-refractivity contribution in [2.45, 2.75) is 79.1 Å². The van der Waals surface area contributed by atoms with Gasteiger partial charge in [-0.15, -0.1) is 0 Å². The van der Waals surface area contributed by atoms with Gasteiger partial charge < -0.3 is 18.6 Å². The van der Waals surface area contributed by atoms with Crippen molar-refractivity contribution in [3.05, 3.63) is 39.7 Å². The van der Waals surface area contributed by atoms with Crippen LogP contribution in [0.15, 0.2) is 27.4 Å². The number of carbonyl (C=O) groups excluding carboxylic acids is 2. The van der Waals surface area contributed by atoms with Crippen LogP contribution in [0.1, 0.15) is 71.6 Å². The van der Waals surface area contributed by atoms with Crippen molar-refractivity contribution in [3.8, 4) is 5.75 Å². The molecule has 1 saturated heterocycles. The number of ether oxygens (including phenoxy) is 3. The average Bonchev–Trinajstić information content (AvgIpc) is 2.97. The first-order valence-electron chi connectivity index (χ1n) is 11.0. The maximum absolute atomic E-state index is 13.5. The third-order valence-corrected chi connectivity index (χ3v) is 7.58. The summed E-state index contributed by atoms with van der Waals surface area (Å²) < 4.78 is 23.1. The molecule has 3 unspecified atom stereocenters. The number of hydrogen-bond donors (Lipinski definition) is 0. The zero-order valence-corrected chi connectivity index (χ0v) is 19.7. The zero-order valence-electron chi connectivity index (χ0n) is 19.7.